The van der Waals surface area contributed by atoms with Crippen LogP contribution in [0.2, 0.25) is 0 Å². The SMILES string of the molecule is Cc1cc(C)c(S(=O)(=O)Oc2nc(N)nc(C)c2Cc2ccc(COC3CCCCO3)cc2)c(C)c1. The van der Waals surface area contributed by atoms with Crippen LogP contribution in [0.15, 0.2) is 41.3 Å². The molecule has 0 spiro atoms. The average molecular weight is 512 g/mol. The molecule has 2 N–H and O–H groups in total. The van der Waals surface area contributed by atoms with Crippen LogP contribution >= 0.6 is 0 Å². The third kappa shape index (κ3) is 6.21. The summed E-state index contributed by atoms with van der Waals surface area (Å²) < 4.78 is 43.6. The van der Waals surface area contributed by atoms with Gasteiger partial charge in [-0.05, 0) is 69.2 Å². The number of nitrogens with zero attached hydrogens (tertiary/aromatic N) is 2. The van der Waals surface area contributed by atoms with Gasteiger partial charge in [-0.3, -0.25) is 0 Å². The lowest BCUT2D eigenvalue weighted by atomic mass is 10.0. The Hall–Kier alpha value is -3.01. The van der Waals surface area contributed by atoms with E-state index in [1.807, 2.05) is 43.3 Å². The maximum atomic E-state index is 13.3. The Bertz CT molecular complexity index is 1310. The molecule has 2 aromatic carbocycles. The van der Waals surface area contributed by atoms with Crippen LogP contribution in [0.4, 0.5) is 5.95 Å². The number of ether oxygens (including phenoxy) is 2. The molecule has 3 aromatic rings. The molecule has 1 fully saturated rings. The van der Waals surface area contributed by atoms with Crippen LogP contribution in [-0.2, 0) is 32.6 Å². The van der Waals surface area contributed by atoms with E-state index >= 15 is 0 Å². The highest BCUT2D eigenvalue weighted by molar-refractivity contribution is 7.87. The summed E-state index contributed by atoms with van der Waals surface area (Å²) in [6.45, 7) is 8.41. The van der Waals surface area contributed by atoms with Crippen LogP contribution in [0, 0.1) is 27.7 Å². The highest BCUT2D eigenvalue weighted by Gasteiger charge is 2.26. The Morgan fingerprint density at radius 2 is 1.67 bits per heavy atom. The molecule has 1 aromatic heterocycles. The molecule has 1 saturated heterocycles. The van der Waals surface area contributed by atoms with Crippen molar-refractivity contribution in [1.29, 1.82) is 0 Å². The van der Waals surface area contributed by atoms with Crippen molar-refractivity contribution in [1.82, 2.24) is 9.97 Å². The molecule has 36 heavy (non-hydrogen) atoms. The van der Waals surface area contributed by atoms with Crippen molar-refractivity contribution in [3.05, 3.63) is 75.5 Å². The minimum atomic E-state index is -4.14. The molecule has 9 heteroatoms. The van der Waals surface area contributed by atoms with Crippen molar-refractivity contribution in [2.24, 2.45) is 0 Å². The number of nitrogen functional groups attached to an aromatic ring is 1. The van der Waals surface area contributed by atoms with E-state index in [9.17, 15) is 8.42 Å². The molecule has 0 saturated carbocycles. The van der Waals surface area contributed by atoms with E-state index < -0.39 is 10.1 Å². The lowest BCUT2D eigenvalue weighted by molar-refractivity contribution is -0.168. The van der Waals surface area contributed by atoms with Gasteiger partial charge in [-0.15, -0.1) is 0 Å². The van der Waals surface area contributed by atoms with Crippen LogP contribution in [0.25, 0.3) is 0 Å². The third-order valence-electron chi connectivity index (χ3n) is 6.21. The fourth-order valence-corrected chi connectivity index (χ4v) is 5.89. The van der Waals surface area contributed by atoms with Crippen LogP contribution in [0.5, 0.6) is 5.88 Å². The molecule has 1 unspecified atom stereocenters. The zero-order chi connectivity index (χ0) is 25.9. The number of hydrogen-bond acceptors (Lipinski definition) is 8. The second-order valence-corrected chi connectivity index (χ2v) is 10.8. The predicted molar refractivity (Wildman–Crippen MR) is 137 cm³/mol. The molecular formula is C27H33N3O5S. The number of aromatic nitrogens is 2. The minimum absolute atomic E-state index is 0.0452. The van der Waals surface area contributed by atoms with Gasteiger partial charge in [-0.1, -0.05) is 42.0 Å². The van der Waals surface area contributed by atoms with Crippen molar-refractivity contribution in [3.8, 4) is 5.88 Å². The summed E-state index contributed by atoms with van der Waals surface area (Å²) in [5.41, 5.74) is 11.2. The summed E-state index contributed by atoms with van der Waals surface area (Å²) in [4.78, 5) is 8.52. The Kier molecular flexibility index (Phi) is 7.92. The largest absolute Gasteiger partial charge is 0.368 e. The molecule has 8 nitrogen and oxygen atoms in total. The first-order valence-corrected chi connectivity index (χ1v) is 13.5. The first-order chi connectivity index (χ1) is 17.1. The zero-order valence-electron chi connectivity index (χ0n) is 21.2. The van der Waals surface area contributed by atoms with Crippen LogP contribution in [-0.4, -0.2) is 31.3 Å². The van der Waals surface area contributed by atoms with Crippen molar-refractivity contribution in [2.75, 3.05) is 12.3 Å². The molecule has 0 bridgehead atoms. The normalized spacial score (nSPS) is 16.2. The molecule has 192 valence electrons. The Balaban J connectivity index is 1.54. The summed E-state index contributed by atoms with van der Waals surface area (Å²) in [5, 5.41) is 0. The monoisotopic (exact) mass is 511 g/mol. The first kappa shape index (κ1) is 26.1. The average Bonchev–Trinajstić information content (AvgIpc) is 2.80. The molecule has 0 aliphatic carbocycles. The van der Waals surface area contributed by atoms with Gasteiger partial charge in [-0.2, -0.15) is 13.4 Å². The molecule has 0 radical (unpaired) electrons. The number of benzene rings is 2. The van der Waals surface area contributed by atoms with Crippen LogP contribution in [0.1, 0.15) is 58.3 Å². The van der Waals surface area contributed by atoms with Gasteiger partial charge in [-0.25, -0.2) is 4.98 Å². The zero-order valence-corrected chi connectivity index (χ0v) is 22.0. The standard InChI is InChI=1S/C27H33N3O5S/c1-17-13-18(2)25(19(3)14-17)36(31,32)35-26-23(20(4)29-27(28)30-26)15-21-8-10-22(11-9-21)16-34-24-7-5-6-12-33-24/h8-11,13-14,24H,5-7,12,15-16H2,1-4H3,(H2,28,29,30). The van der Waals surface area contributed by atoms with Crippen LogP contribution < -0.4 is 9.92 Å². The fraction of sp³-hybridized carbons (Fsp3) is 0.407. The van der Waals surface area contributed by atoms with E-state index in [1.54, 1.807) is 20.8 Å². The van der Waals surface area contributed by atoms with Gasteiger partial charge >= 0.3 is 10.1 Å². The lowest BCUT2D eigenvalue weighted by Gasteiger charge is -2.22. The Labute approximate surface area is 213 Å². The molecule has 1 aliphatic rings. The van der Waals surface area contributed by atoms with Crippen LogP contribution in [0.3, 0.4) is 0 Å². The maximum Gasteiger partial charge on any atom is 0.341 e. The van der Waals surface area contributed by atoms with Crippen molar-refractivity contribution >= 4 is 16.1 Å². The number of nitrogens with two attached hydrogens (primary N) is 1. The van der Waals surface area contributed by atoms with E-state index in [0.29, 0.717) is 35.4 Å². The molecule has 1 atom stereocenters. The number of anilines is 1. The molecular weight excluding hydrogens is 478 g/mol. The van der Waals surface area contributed by atoms with Gasteiger partial charge in [0, 0.05) is 18.6 Å². The highest BCUT2D eigenvalue weighted by atomic mass is 32.2. The second kappa shape index (κ2) is 10.9. The van der Waals surface area contributed by atoms with E-state index in [1.165, 1.54) is 0 Å². The second-order valence-electron chi connectivity index (χ2n) is 9.32. The lowest BCUT2D eigenvalue weighted by Crippen LogP contribution is -2.21. The summed E-state index contributed by atoms with van der Waals surface area (Å²) in [5.74, 6) is -0.0996. The molecule has 4 rings (SSSR count). The van der Waals surface area contributed by atoms with E-state index in [4.69, 9.17) is 19.4 Å². The summed E-state index contributed by atoms with van der Waals surface area (Å²) in [6.07, 6.45) is 3.36. The fourth-order valence-electron chi connectivity index (χ4n) is 4.56. The minimum Gasteiger partial charge on any atom is -0.368 e. The van der Waals surface area contributed by atoms with Crippen molar-refractivity contribution < 1.29 is 22.1 Å². The van der Waals surface area contributed by atoms with Gasteiger partial charge in [0.15, 0.2) is 6.29 Å². The number of aryl methyl sites for hydroxylation is 4. The molecule has 1 aliphatic heterocycles. The van der Waals surface area contributed by atoms with E-state index in [0.717, 1.165) is 42.6 Å². The smallest absolute Gasteiger partial charge is 0.341 e. The maximum absolute atomic E-state index is 13.3. The number of rotatable bonds is 8. The summed E-state index contributed by atoms with van der Waals surface area (Å²) in [6, 6.07) is 11.6. The van der Waals surface area contributed by atoms with Crippen molar-refractivity contribution in [3.63, 3.8) is 0 Å². The molecule has 2 heterocycles. The van der Waals surface area contributed by atoms with Gasteiger partial charge < -0.3 is 19.4 Å². The first-order valence-electron chi connectivity index (χ1n) is 12.1. The quantitative estimate of drug-likeness (QED) is 0.433. The van der Waals surface area contributed by atoms with Gasteiger partial charge in [0.2, 0.25) is 11.8 Å². The predicted octanol–water partition coefficient (Wildman–Crippen LogP) is 4.69. The summed E-state index contributed by atoms with van der Waals surface area (Å²) >= 11 is 0. The van der Waals surface area contributed by atoms with Gasteiger partial charge in [0.1, 0.15) is 4.90 Å². The summed E-state index contributed by atoms with van der Waals surface area (Å²) in [7, 11) is -4.14. The van der Waals surface area contributed by atoms with Gasteiger partial charge in [0.05, 0.1) is 12.3 Å². The number of hydrogen-bond donors (Lipinski definition) is 1. The Morgan fingerprint density at radius 1 is 1.00 bits per heavy atom. The third-order valence-corrected chi connectivity index (χ3v) is 7.74. The van der Waals surface area contributed by atoms with Gasteiger partial charge in [0.25, 0.3) is 0 Å². The highest BCUT2D eigenvalue weighted by Crippen LogP contribution is 2.29. The van der Waals surface area contributed by atoms with E-state index in [-0.39, 0.29) is 23.0 Å². The topological polar surface area (TPSA) is 114 Å². The van der Waals surface area contributed by atoms with E-state index in [2.05, 4.69) is 9.97 Å². The Morgan fingerprint density at radius 3 is 2.31 bits per heavy atom. The molecule has 0 amide bonds. The van der Waals surface area contributed by atoms with Crippen molar-refractivity contribution in [2.45, 2.75) is 71.2 Å².